The minimum absolute atomic E-state index is 0.340. The van der Waals surface area contributed by atoms with Crippen molar-refractivity contribution in [3.8, 4) is 0 Å². The Kier molecular flexibility index (Phi) is 2.19. The molecule has 0 fully saturated rings. The van der Waals surface area contributed by atoms with Crippen LogP contribution in [0.15, 0.2) is 0 Å². The Balaban J connectivity index is 4.02. The van der Waals surface area contributed by atoms with Crippen LogP contribution in [0.3, 0.4) is 0 Å². The van der Waals surface area contributed by atoms with Gasteiger partial charge in [-0.05, 0) is 4.75 Å². The Morgan fingerprint density at radius 3 is 1.12 bits per heavy atom. The summed E-state index contributed by atoms with van der Waals surface area (Å²) in [4.78, 5) is 0. The van der Waals surface area contributed by atoms with Gasteiger partial charge in [-0.3, -0.25) is 0 Å². The third-order valence-electron chi connectivity index (χ3n) is 1.84. The molecule has 0 radical (unpaired) electrons. The zero-order valence-corrected chi connectivity index (χ0v) is 7.72. The molecule has 46 valence electrons. The first-order valence-corrected chi connectivity index (χ1v) is 5.79. The van der Waals surface area contributed by atoms with Crippen LogP contribution >= 0.6 is 9.58 Å². The maximum absolute atomic E-state index is 2.35. The van der Waals surface area contributed by atoms with Crippen molar-refractivity contribution in [2.45, 2.75) is 25.5 Å². The second kappa shape index (κ2) is 2.05. The van der Waals surface area contributed by atoms with Crippen LogP contribution in [0.5, 0.6) is 0 Å². The Labute approximate surface area is 57.0 Å². The van der Waals surface area contributed by atoms with Crippen LogP contribution < -0.4 is 0 Å². The fraction of sp³-hybridized carbons (Fsp3) is 1.00. The van der Waals surface area contributed by atoms with E-state index in [9.17, 15) is 0 Å². The van der Waals surface area contributed by atoms with E-state index in [0.29, 0.717) is 4.75 Å². The molecule has 0 rings (SSSR count). The van der Waals surface area contributed by atoms with Crippen LogP contribution in [0.25, 0.3) is 0 Å². The van der Waals surface area contributed by atoms with Crippen LogP contribution in [0, 0.1) is 0 Å². The van der Waals surface area contributed by atoms with Crippen molar-refractivity contribution in [2.24, 2.45) is 0 Å². The lowest BCUT2D eigenvalue weighted by Crippen LogP contribution is -2.24. The van der Waals surface area contributed by atoms with Gasteiger partial charge >= 0.3 is 0 Å². The zero-order chi connectivity index (χ0) is 7.00. The summed E-state index contributed by atoms with van der Waals surface area (Å²) >= 11 is 0. The molecule has 8 heavy (non-hydrogen) atoms. The van der Waals surface area contributed by atoms with Gasteiger partial charge in [0.05, 0.1) is 0 Å². The van der Waals surface area contributed by atoms with Gasteiger partial charge < -0.3 is 9.58 Å². The van der Waals surface area contributed by atoms with Crippen molar-refractivity contribution in [3.05, 3.63) is 0 Å². The summed E-state index contributed by atoms with van der Waals surface area (Å²) in [6.45, 7) is 6.92. The summed E-state index contributed by atoms with van der Waals surface area (Å²) in [7, 11) is 6.72. The van der Waals surface area contributed by atoms with Gasteiger partial charge in [-0.15, -0.1) is 0 Å². The standard InChI is InChI=1S/C4H15B3S/c1-4(2,3)8(5,6)7/h5-7H2,1-3H3. The van der Waals surface area contributed by atoms with Crippen LogP contribution in [0.1, 0.15) is 20.8 Å². The van der Waals surface area contributed by atoms with E-state index in [1.807, 2.05) is 0 Å². The maximum atomic E-state index is 2.35. The topological polar surface area (TPSA) is 0 Å². The normalized spacial score (nSPS) is 15.9. The minimum Gasteiger partial charge on any atom is -0.345 e. The molecule has 0 nitrogen and oxygen atoms in total. The second-order valence-corrected chi connectivity index (χ2v) is 8.85. The van der Waals surface area contributed by atoms with Crippen LogP contribution in [-0.4, -0.2) is 26.1 Å². The van der Waals surface area contributed by atoms with Gasteiger partial charge in [0.25, 0.3) is 0 Å². The number of rotatable bonds is 0. The van der Waals surface area contributed by atoms with E-state index in [2.05, 4.69) is 42.1 Å². The fourth-order valence-electron chi connectivity index (χ4n) is 0. The predicted octanol–water partition coefficient (Wildman–Crippen LogP) is -0.766. The molecule has 0 atom stereocenters. The first-order chi connectivity index (χ1) is 3.25. The van der Waals surface area contributed by atoms with Gasteiger partial charge in [0.1, 0.15) is 21.4 Å². The molecular weight excluding hydrogens is 113 g/mol. The Morgan fingerprint density at radius 1 is 1.00 bits per heavy atom. The van der Waals surface area contributed by atoms with Crippen molar-refractivity contribution in [1.82, 2.24) is 0 Å². The van der Waals surface area contributed by atoms with Gasteiger partial charge in [0, 0.05) is 0 Å². The molecule has 0 saturated carbocycles. The highest BCUT2D eigenvalue weighted by Gasteiger charge is 2.21. The molecule has 0 N–H and O–H groups in total. The number of hydrogen-bond acceptors (Lipinski definition) is 0. The first kappa shape index (κ1) is 8.54. The highest BCUT2D eigenvalue weighted by atomic mass is 32.3. The highest BCUT2D eigenvalue weighted by molar-refractivity contribution is 8.77. The Hall–Kier alpha value is 0.545. The minimum atomic E-state index is -0.340. The first-order valence-electron chi connectivity index (χ1n) is 2.93. The molecular formula is C4H15B3S. The van der Waals surface area contributed by atoms with Gasteiger partial charge in [-0.25, -0.2) is 0 Å². The molecule has 0 aliphatic carbocycles. The van der Waals surface area contributed by atoms with E-state index >= 15 is 0 Å². The molecule has 0 aromatic heterocycles. The van der Waals surface area contributed by atoms with E-state index in [1.165, 1.54) is 0 Å². The summed E-state index contributed by atoms with van der Waals surface area (Å²) in [6, 6.07) is 0. The molecule has 0 unspecified atom stereocenters. The van der Waals surface area contributed by atoms with Crippen molar-refractivity contribution in [1.29, 1.82) is 0 Å². The lowest BCUT2D eigenvalue weighted by Gasteiger charge is -2.42. The van der Waals surface area contributed by atoms with E-state index in [4.69, 9.17) is 0 Å². The lowest BCUT2D eigenvalue weighted by atomic mass is 10.2. The van der Waals surface area contributed by atoms with E-state index < -0.39 is 0 Å². The zero-order valence-electron chi connectivity index (χ0n) is 6.91. The molecule has 0 aliphatic rings. The molecule has 0 aromatic carbocycles. The van der Waals surface area contributed by atoms with Crippen molar-refractivity contribution >= 4 is 31.0 Å². The van der Waals surface area contributed by atoms with E-state index in [1.54, 1.807) is 0 Å². The SMILES string of the molecule is BS(B)(B)C(C)(C)C. The average molecular weight is 128 g/mol. The Morgan fingerprint density at radius 2 is 1.12 bits per heavy atom. The van der Waals surface area contributed by atoms with Crippen molar-refractivity contribution < 1.29 is 0 Å². The van der Waals surface area contributed by atoms with Crippen LogP contribution in [0.4, 0.5) is 0 Å². The fourth-order valence-corrected chi connectivity index (χ4v) is 0. The summed E-state index contributed by atoms with van der Waals surface area (Å²) in [5.41, 5.74) is 0. The second-order valence-electron chi connectivity index (χ2n) is 3.95. The average Bonchev–Trinajstić information content (AvgIpc) is 1.25. The third-order valence-corrected chi connectivity index (χ3v) is 5.51. The Bertz CT molecular complexity index is 66.3. The van der Waals surface area contributed by atoms with Crippen LogP contribution in [0.2, 0.25) is 0 Å². The summed E-state index contributed by atoms with van der Waals surface area (Å²) in [5, 5.41) is 0. The van der Waals surface area contributed by atoms with Gasteiger partial charge in [-0.2, -0.15) is 0 Å². The molecule has 0 saturated heterocycles. The molecule has 0 spiro atoms. The summed E-state index contributed by atoms with van der Waals surface area (Å²) < 4.78 is 0.521. The van der Waals surface area contributed by atoms with Gasteiger partial charge in [-0.1, -0.05) is 20.8 Å². The largest absolute Gasteiger partial charge is 0.345 e. The molecule has 0 aliphatic heterocycles. The third kappa shape index (κ3) is 2.21. The van der Waals surface area contributed by atoms with E-state index in [0.717, 1.165) is 0 Å². The molecule has 0 heterocycles. The molecule has 0 amide bonds. The quantitative estimate of drug-likeness (QED) is 0.375. The smallest absolute Gasteiger partial charge is 0.134 e. The van der Waals surface area contributed by atoms with Gasteiger partial charge in [0.15, 0.2) is 0 Å². The predicted molar refractivity (Wildman–Crippen MR) is 53.0 cm³/mol. The molecule has 0 aromatic rings. The summed E-state index contributed by atoms with van der Waals surface area (Å²) in [5.74, 6) is 0. The van der Waals surface area contributed by atoms with Crippen molar-refractivity contribution in [2.75, 3.05) is 0 Å². The van der Waals surface area contributed by atoms with Crippen molar-refractivity contribution in [3.63, 3.8) is 0 Å². The lowest BCUT2D eigenvalue weighted by molar-refractivity contribution is 0.805. The van der Waals surface area contributed by atoms with Gasteiger partial charge in [0.2, 0.25) is 0 Å². The summed E-state index contributed by atoms with van der Waals surface area (Å²) in [6.07, 6.45) is 0. The van der Waals surface area contributed by atoms with E-state index in [-0.39, 0.29) is 9.58 Å². The maximum Gasteiger partial charge on any atom is 0.134 e. The monoisotopic (exact) mass is 128 g/mol. The molecule has 0 bridgehead atoms. The van der Waals surface area contributed by atoms with Crippen LogP contribution in [-0.2, 0) is 0 Å². The highest BCUT2D eigenvalue weighted by Crippen LogP contribution is 2.45. The number of hydrogen-bond donors (Lipinski definition) is 0. The molecule has 4 heteroatoms.